The maximum absolute atomic E-state index is 12.8. The van der Waals surface area contributed by atoms with Crippen LogP contribution in [0.15, 0.2) is 60.8 Å². The van der Waals surface area contributed by atoms with Crippen molar-refractivity contribution in [3.8, 4) is 0 Å². The highest BCUT2D eigenvalue weighted by Gasteiger charge is 2.31. The summed E-state index contributed by atoms with van der Waals surface area (Å²) in [6.07, 6.45) is 57.2. The molecule has 0 radical (unpaired) electrons. The highest BCUT2D eigenvalue weighted by atomic mass is 16.6. The van der Waals surface area contributed by atoms with Crippen LogP contribution in [0.2, 0.25) is 0 Å². The van der Waals surface area contributed by atoms with Crippen LogP contribution in [-0.2, 0) is 28.6 Å². The van der Waals surface area contributed by atoms with Crippen molar-refractivity contribution in [2.24, 2.45) is 0 Å². The first kappa shape index (κ1) is 60.0. The second-order valence-electron chi connectivity index (χ2n) is 18.4. The van der Waals surface area contributed by atoms with E-state index in [1.54, 1.807) is 0 Å². The Morgan fingerprint density at radius 2 is 0.889 bits per heavy atom. The average Bonchev–Trinajstić information content (AvgIpc) is 3.24. The summed E-state index contributed by atoms with van der Waals surface area (Å²) in [6.45, 7) is 4.59. The van der Waals surface area contributed by atoms with Crippen molar-refractivity contribution in [2.75, 3.05) is 41.0 Å². The number of aliphatic carboxylic acids is 1. The van der Waals surface area contributed by atoms with Crippen molar-refractivity contribution in [1.29, 1.82) is 0 Å². The molecule has 0 bridgehead atoms. The Bertz CT molecular complexity index is 1210. The van der Waals surface area contributed by atoms with Gasteiger partial charge in [-0.25, -0.2) is 4.79 Å². The number of carbonyl (C=O) groups excluding carboxylic acids is 2. The van der Waals surface area contributed by atoms with E-state index < -0.39 is 18.1 Å². The number of nitrogens with zero attached hydrogens (tertiary/aromatic N) is 1. The second-order valence-corrected chi connectivity index (χ2v) is 18.4. The molecule has 2 atom stereocenters. The fourth-order valence-electron chi connectivity index (χ4n) is 7.48. The highest BCUT2D eigenvalue weighted by Crippen LogP contribution is 2.16. The summed E-state index contributed by atoms with van der Waals surface area (Å²) in [5, 5.41) is 9.65. The molecule has 0 spiro atoms. The molecule has 0 saturated carbocycles. The van der Waals surface area contributed by atoms with Crippen LogP contribution in [0.3, 0.4) is 0 Å². The number of rotatable bonds is 46. The third-order valence-electron chi connectivity index (χ3n) is 11.4. The van der Waals surface area contributed by atoms with Gasteiger partial charge in [-0.1, -0.05) is 209 Å². The maximum Gasteiger partial charge on any atom is 0.362 e. The third-order valence-corrected chi connectivity index (χ3v) is 11.4. The Kier molecular flexibility index (Phi) is 43.4. The molecular formula is C55H98NO7+. The van der Waals surface area contributed by atoms with E-state index in [2.05, 4.69) is 74.6 Å². The summed E-state index contributed by atoms with van der Waals surface area (Å²) in [4.78, 5) is 37.1. The van der Waals surface area contributed by atoms with Crippen molar-refractivity contribution in [3.05, 3.63) is 60.8 Å². The molecule has 8 nitrogen and oxygen atoms in total. The number of likely N-dealkylation sites (N-methyl/N-ethyl adjacent to an activating group) is 1. The molecule has 63 heavy (non-hydrogen) atoms. The van der Waals surface area contributed by atoms with Gasteiger partial charge >= 0.3 is 17.9 Å². The van der Waals surface area contributed by atoms with Crippen LogP contribution in [0.4, 0.5) is 0 Å². The number of carboxylic acids is 1. The minimum Gasteiger partial charge on any atom is -0.477 e. The van der Waals surface area contributed by atoms with Gasteiger partial charge in [-0.15, -0.1) is 0 Å². The second kappa shape index (κ2) is 45.6. The van der Waals surface area contributed by atoms with Gasteiger partial charge in [-0.3, -0.25) is 9.59 Å². The zero-order valence-corrected chi connectivity index (χ0v) is 41.5. The molecule has 0 aromatic heterocycles. The third kappa shape index (κ3) is 44.0. The normalized spacial score (nSPS) is 13.3. The van der Waals surface area contributed by atoms with Crippen LogP contribution in [0.25, 0.3) is 0 Å². The summed E-state index contributed by atoms with van der Waals surface area (Å²) in [5.74, 6) is -1.54. The summed E-state index contributed by atoms with van der Waals surface area (Å²) < 4.78 is 17.3. The Hall–Kier alpha value is -2.97. The molecule has 0 amide bonds. The Morgan fingerprint density at radius 1 is 0.492 bits per heavy atom. The number of carboxylic acid groups (broad SMARTS) is 1. The van der Waals surface area contributed by atoms with E-state index in [0.717, 1.165) is 57.8 Å². The van der Waals surface area contributed by atoms with E-state index in [1.807, 2.05) is 21.1 Å². The number of carbonyl (C=O) groups is 3. The van der Waals surface area contributed by atoms with Crippen molar-refractivity contribution >= 4 is 17.9 Å². The fourth-order valence-corrected chi connectivity index (χ4v) is 7.48. The zero-order chi connectivity index (χ0) is 46.3. The topological polar surface area (TPSA) is 99.1 Å². The molecule has 0 aromatic rings. The number of unbranched alkanes of at least 4 members (excludes halogenated alkanes) is 22. The van der Waals surface area contributed by atoms with Crippen LogP contribution in [0.1, 0.15) is 219 Å². The number of ether oxygens (including phenoxy) is 3. The Labute approximate surface area is 388 Å². The number of esters is 2. The largest absolute Gasteiger partial charge is 0.477 e. The predicted octanol–water partition coefficient (Wildman–Crippen LogP) is 14.9. The van der Waals surface area contributed by atoms with Crippen LogP contribution < -0.4 is 0 Å². The molecule has 0 fully saturated rings. The fraction of sp³-hybridized carbons (Fsp3) is 0.764. The molecule has 0 saturated heterocycles. The summed E-state index contributed by atoms with van der Waals surface area (Å²) in [7, 11) is 5.51. The van der Waals surface area contributed by atoms with E-state index in [-0.39, 0.29) is 42.7 Å². The number of allylic oxidation sites excluding steroid dienone is 10. The summed E-state index contributed by atoms with van der Waals surface area (Å²) in [5.41, 5.74) is 0. The number of hydrogen-bond acceptors (Lipinski definition) is 6. The van der Waals surface area contributed by atoms with E-state index in [1.165, 1.54) is 122 Å². The molecule has 0 heterocycles. The lowest BCUT2D eigenvalue weighted by Gasteiger charge is -2.31. The van der Waals surface area contributed by atoms with E-state index in [4.69, 9.17) is 14.2 Å². The van der Waals surface area contributed by atoms with Gasteiger partial charge < -0.3 is 23.8 Å². The molecule has 2 unspecified atom stereocenters. The monoisotopic (exact) mass is 885 g/mol. The Morgan fingerprint density at radius 3 is 1.30 bits per heavy atom. The Balaban J connectivity index is 4.27. The van der Waals surface area contributed by atoms with Crippen molar-refractivity contribution in [1.82, 2.24) is 0 Å². The highest BCUT2D eigenvalue weighted by molar-refractivity contribution is 5.72. The lowest BCUT2D eigenvalue weighted by Crippen LogP contribution is -2.50. The lowest BCUT2D eigenvalue weighted by atomic mass is 10.0. The van der Waals surface area contributed by atoms with Crippen molar-refractivity contribution < 1.29 is 38.2 Å². The van der Waals surface area contributed by atoms with Crippen LogP contribution >= 0.6 is 0 Å². The molecule has 0 aliphatic rings. The van der Waals surface area contributed by atoms with Gasteiger partial charge in [0.05, 0.1) is 34.4 Å². The lowest BCUT2D eigenvalue weighted by molar-refractivity contribution is -0.887. The van der Waals surface area contributed by atoms with Gasteiger partial charge in [0, 0.05) is 19.3 Å². The minimum atomic E-state index is -0.883. The number of hydrogen-bond donors (Lipinski definition) is 1. The number of quaternary nitrogens is 1. The van der Waals surface area contributed by atoms with E-state index in [9.17, 15) is 19.5 Å². The van der Waals surface area contributed by atoms with E-state index in [0.29, 0.717) is 19.3 Å². The smallest absolute Gasteiger partial charge is 0.362 e. The quantitative estimate of drug-likeness (QED) is 0.0281. The molecule has 0 aliphatic carbocycles. The van der Waals surface area contributed by atoms with Crippen LogP contribution in [0.5, 0.6) is 0 Å². The van der Waals surface area contributed by atoms with Crippen molar-refractivity contribution in [2.45, 2.75) is 231 Å². The first-order valence-electron chi connectivity index (χ1n) is 25.8. The minimum absolute atomic E-state index is 0.0384. The molecular weight excluding hydrogens is 787 g/mol. The van der Waals surface area contributed by atoms with Gasteiger partial charge in [0.15, 0.2) is 12.1 Å². The standard InChI is InChI=1S/C55H97NO7/c1-6-8-10-12-14-16-18-20-22-24-25-26-27-28-30-31-33-35-37-39-41-43-45-53(57)62-50-51(49-61-48-47-52(55(59)60)56(3,4)5)63-54(58)46-44-42-40-38-36-34-32-29-23-21-19-17-15-13-11-9-7-2/h9,11,15,17,21,23,32,34,38,40,51-52H,6-8,10,12-14,16,18-20,22,24-31,33,35-37,39,41-50H2,1-5H3/p+1/b11-9-,17-15-,23-21-,34-32-,40-38-. The molecule has 0 aromatic carbocycles. The zero-order valence-electron chi connectivity index (χ0n) is 41.5. The van der Waals surface area contributed by atoms with Gasteiger partial charge in [-0.05, 0) is 51.4 Å². The van der Waals surface area contributed by atoms with Crippen LogP contribution in [-0.4, -0.2) is 80.6 Å². The van der Waals surface area contributed by atoms with Crippen LogP contribution in [0, 0.1) is 0 Å². The summed E-state index contributed by atoms with van der Waals surface area (Å²) >= 11 is 0. The average molecular weight is 885 g/mol. The summed E-state index contributed by atoms with van der Waals surface area (Å²) in [6, 6.07) is -0.626. The first-order chi connectivity index (χ1) is 30.6. The molecule has 364 valence electrons. The SMILES string of the molecule is CC/C=C\C/C=C\C/C=C\C/C=C\C/C=C\CCCC(=O)OC(COCCC(C(=O)O)[N+](C)(C)C)COC(=O)CCCCCCCCCCCCCCCCCCCCCCCC. The van der Waals surface area contributed by atoms with Gasteiger partial charge in [0.2, 0.25) is 0 Å². The molecule has 1 N–H and O–H groups in total. The van der Waals surface area contributed by atoms with Gasteiger partial charge in [-0.2, -0.15) is 0 Å². The van der Waals surface area contributed by atoms with E-state index >= 15 is 0 Å². The molecule has 8 heteroatoms. The molecule has 0 rings (SSSR count). The van der Waals surface area contributed by atoms with Gasteiger partial charge in [0.1, 0.15) is 6.61 Å². The predicted molar refractivity (Wildman–Crippen MR) is 266 cm³/mol. The first-order valence-corrected chi connectivity index (χ1v) is 25.8. The molecule has 0 aliphatic heterocycles. The van der Waals surface area contributed by atoms with Crippen molar-refractivity contribution in [3.63, 3.8) is 0 Å². The maximum atomic E-state index is 12.8. The van der Waals surface area contributed by atoms with Gasteiger partial charge in [0.25, 0.3) is 0 Å².